The molecule has 9 heteroatoms. The number of benzene rings is 3. The first-order valence-corrected chi connectivity index (χ1v) is 13.1. The Bertz CT molecular complexity index is 1510. The van der Waals surface area contributed by atoms with Gasteiger partial charge in [-0.1, -0.05) is 53.5 Å². The van der Waals surface area contributed by atoms with E-state index in [1.165, 1.54) is 16.8 Å². The Morgan fingerprint density at radius 2 is 1.89 bits per heavy atom. The predicted molar refractivity (Wildman–Crippen MR) is 149 cm³/mol. The molecule has 0 fully saturated rings. The van der Waals surface area contributed by atoms with Crippen LogP contribution >= 0.6 is 27.5 Å². The minimum atomic E-state index is -0.315. The Hall–Kier alpha value is -3.23. The molecule has 0 bridgehead atoms. The summed E-state index contributed by atoms with van der Waals surface area (Å²) in [5.41, 5.74) is 1.78. The van der Waals surface area contributed by atoms with Crippen molar-refractivity contribution in [3.8, 4) is 11.5 Å². The number of fused-ring (bicyclic) bond motifs is 1. The van der Waals surface area contributed by atoms with Gasteiger partial charge in [-0.25, -0.2) is 9.37 Å². The maximum Gasteiger partial charge on any atom is 0.282 e. The monoisotopic (exact) mass is 585 g/mol. The largest absolute Gasteiger partial charge is 0.490 e. The van der Waals surface area contributed by atoms with Crippen LogP contribution in [0.15, 0.2) is 69.0 Å². The fourth-order valence-corrected chi connectivity index (χ4v) is 4.34. The van der Waals surface area contributed by atoms with E-state index in [9.17, 15) is 9.18 Å². The Kier molecular flexibility index (Phi) is 8.61. The van der Waals surface area contributed by atoms with E-state index < -0.39 is 0 Å². The average molecular weight is 587 g/mol. The summed E-state index contributed by atoms with van der Waals surface area (Å²) in [4.78, 5) is 18.1. The van der Waals surface area contributed by atoms with E-state index in [4.69, 9.17) is 26.1 Å². The highest BCUT2D eigenvalue weighted by Crippen LogP contribution is 2.37. The summed E-state index contributed by atoms with van der Waals surface area (Å²) >= 11 is 9.99. The lowest BCUT2D eigenvalue weighted by molar-refractivity contribution is 0.269. The zero-order valence-electron chi connectivity index (χ0n) is 20.7. The van der Waals surface area contributed by atoms with Gasteiger partial charge >= 0.3 is 0 Å². The van der Waals surface area contributed by atoms with Gasteiger partial charge in [0.15, 0.2) is 11.5 Å². The maximum atomic E-state index is 13.4. The highest BCUT2D eigenvalue weighted by atomic mass is 79.9. The first-order chi connectivity index (χ1) is 17.8. The number of nitrogens with zero attached hydrogens (tertiary/aromatic N) is 3. The lowest BCUT2D eigenvalue weighted by Gasteiger charge is -2.15. The van der Waals surface area contributed by atoms with Gasteiger partial charge in [0.2, 0.25) is 0 Å². The van der Waals surface area contributed by atoms with Crippen molar-refractivity contribution in [3.05, 3.63) is 97.2 Å². The van der Waals surface area contributed by atoms with Gasteiger partial charge < -0.3 is 9.47 Å². The minimum Gasteiger partial charge on any atom is -0.490 e. The van der Waals surface area contributed by atoms with Gasteiger partial charge in [0.25, 0.3) is 5.56 Å². The molecule has 0 amide bonds. The number of hydrogen-bond acceptors (Lipinski definition) is 5. The Balaban J connectivity index is 1.71. The van der Waals surface area contributed by atoms with Crippen molar-refractivity contribution in [1.29, 1.82) is 0 Å². The van der Waals surface area contributed by atoms with E-state index in [1.54, 1.807) is 36.5 Å². The molecular weight excluding hydrogens is 561 g/mol. The minimum absolute atomic E-state index is 0.0164. The van der Waals surface area contributed by atoms with Gasteiger partial charge in [-0.05, 0) is 66.9 Å². The normalized spacial score (nSPS) is 12.3. The third-order valence-electron chi connectivity index (χ3n) is 5.84. The summed E-state index contributed by atoms with van der Waals surface area (Å²) in [6, 6.07) is 14.9. The highest BCUT2D eigenvalue weighted by molar-refractivity contribution is 9.10. The van der Waals surface area contributed by atoms with Gasteiger partial charge in [0, 0.05) is 10.4 Å². The summed E-state index contributed by atoms with van der Waals surface area (Å²) in [6.07, 6.45) is 2.35. The molecule has 192 valence electrons. The molecule has 0 aliphatic heterocycles. The van der Waals surface area contributed by atoms with E-state index >= 15 is 0 Å². The van der Waals surface area contributed by atoms with Gasteiger partial charge in [0.1, 0.15) is 18.2 Å². The molecule has 4 aromatic rings. The predicted octanol–water partition coefficient (Wildman–Crippen LogP) is 7.32. The molecule has 0 aliphatic carbocycles. The maximum absolute atomic E-state index is 13.4. The van der Waals surface area contributed by atoms with Crippen molar-refractivity contribution in [2.75, 3.05) is 6.61 Å². The second kappa shape index (κ2) is 11.9. The molecule has 0 N–H and O–H groups in total. The van der Waals surface area contributed by atoms with Gasteiger partial charge in [-0.3, -0.25) is 4.79 Å². The van der Waals surface area contributed by atoms with Crippen molar-refractivity contribution in [3.63, 3.8) is 0 Å². The molecule has 1 aromatic heterocycles. The summed E-state index contributed by atoms with van der Waals surface area (Å²) in [7, 11) is 0. The van der Waals surface area contributed by atoms with E-state index in [1.807, 2.05) is 32.9 Å². The van der Waals surface area contributed by atoms with Crippen molar-refractivity contribution < 1.29 is 13.9 Å². The van der Waals surface area contributed by atoms with Crippen molar-refractivity contribution >= 4 is 44.6 Å². The molecule has 1 heterocycles. The van der Waals surface area contributed by atoms with Crippen LogP contribution in [0.4, 0.5) is 4.39 Å². The Labute approximate surface area is 227 Å². The van der Waals surface area contributed by atoms with Crippen LogP contribution in [0.3, 0.4) is 0 Å². The van der Waals surface area contributed by atoms with Crippen LogP contribution in [0, 0.1) is 5.82 Å². The molecule has 0 saturated carbocycles. The molecule has 0 aliphatic rings. The molecule has 1 atom stereocenters. The Morgan fingerprint density at radius 3 is 2.59 bits per heavy atom. The molecule has 0 saturated heterocycles. The van der Waals surface area contributed by atoms with Crippen LogP contribution in [0.2, 0.25) is 5.02 Å². The quantitative estimate of drug-likeness (QED) is 0.193. The van der Waals surface area contributed by atoms with E-state index in [0.29, 0.717) is 45.4 Å². The SMILES string of the molecule is CCOc1cc(C=Nn2c([C@H](C)CC)nc3ccc(Br)cc3c2=O)cc(Cl)c1OCc1ccc(F)cc1. The van der Waals surface area contributed by atoms with Crippen LogP contribution in [0.25, 0.3) is 10.9 Å². The van der Waals surface area contributed by atoms with Crippen LogP contribution in [-0.4, -0.2) is 22.5 Å². The molecule has 4 rings (SSSR count). The van der Waals surface area contributed by atoms with Gasteiger partial charge in [-0.2, -0.15) is 9.78 Å². The topological polar surface area (TPSA) is 65.7 Å². The number of aromatic nitrogens is 2. The third-order valence-corrected chi connectivity index (χ3v) is 6.61. The lowest BCUT2D eigenvalue weighted by Crippen LogP contribution is -2.23. The lowest BCUT2D eigenvalue weighted by atomic mass is 10.1. The molecular formula is C28H26BrClFN3O3. The fraction of sp³-hybridized carbons (Fsp3) is 0.250. The average Bonchev–Trinajstić information content (AvgIpc) is 2.88. The summed E-state index contributed by atoms with van der Waals surface area (Å²) in [5.74, 6) is 1.09. The number of ether oxygens (including phenoxy) is 2. The van der Waals surface area contributed by atoms with E-state index in [0.717, 1.165) is 16.5 Å². The number of hydrogen-bond donors (Lipinski definition) is 0. The summed E-state index contributed by atoms with van der Waals surface area (Å²) in [5, 5.41) is 5.30. The smallest absolute Gasteiger partial charge is 0.282 e. The van der Waals surface area contributed by atoms with E-state index in [-0.39, 0.29) is 23.9 Å². The van der Waals surface area contributed by atoms with Crippen LogP contribution < -0.4 is 15.0 Å². The first kappa shape index (κ1) is 26.8. The molecule has 0 unspecified atom stereocenters. The summed E-state index contributed by atoms with van der Waals surface area (Å²) in [6.45, 7) is 6.49. The number of halogens is 3. The second-order valence-corrected chi connectivity index (χ2v) is 9.80. The van der Waals surface area contributed by atoms with Crippen LogP contribution in [-0.2, 0) is 6.61 Å². The second-order valence-electron chi connectivity index (χ2n) is 8.48. The number of rotatable bonds is 9. The Morgan fingerprint density at radius 1 is 1.14 bits per heavy atom. The molecule has 3 aromatic carbocycles. The fourth-order valence-electron chi connectivity index (χ4n) is 3.71. The summed E-state index contributed by atoms with van der Waals surface area (Å²) < 4.78 is 27.0. The molecule has 0 radical (unpaired) electrons. The van der Waals surface area contributed by atoms with Crippen molar-refractivity contribution in [1.82, 2.24) is 9.66 Å². The first-order valence-electron chi connectivity index (χ1n) is 11.9. The zero-order valence-corrected chi connectivity index (χ0v) is 23.0. The molecule has 6 nitrogen and oxygen atoms in total. The standard InChI is InChI=1S/C28H26BrClFN3O3/c1-4-17(3)27-33-24-11-8-20(29)14-22(24)28(35)34(27)32-15-19-12-23(30)26(25(13-19)36-5-2)37-16-18-6-9-21(31)10-7-18/h6-15,17H,4-5,16H2,1-3H3/t17-/m1/s1. The van der Waals surface area contributed by atoms with Crippen LogP contribution in [0.1, 0.15) is 50.1 Å². The molecule has 0 spiro atoms. The van der Waals surface area contributed by atoms with Crippen molar-refractivity contribution in [2.45, 2.75) is 39.7 Å². The van der Waals surface area contributed by atoms with Gasteiger partial charge in [-0.15, -0.1) is 0 Å². The van der Waals surface area contributed by atoms with Crippen LogP contribution in [0.5, 0.6) is 11.5 Å². The highest BCUT2D eigenvalue weighted by Gasteiger charge is 2.17. The molecule has 37 heavy (non-hydrogen) atoms. The third kappa shape index (κ3) is 6.19. The van der Waals surface area contributed by atoms with Crippen molar-refractivity contribution in [2.24, 2.45) is 5.10 Å². The zero-order chi connectivity index (χ0) is 26.5. The van der Waals surface area contributed by atoms with E-state index in [2.05, 4.69) is 21.0 Å². The van der Waals surface area contributed by atoms with Gasteiger partial charge in [0.05, 0.1) is 28.7 Å².